The summed E-state index contributed by atoms with van der Waals surface area (Å²) in [7, 11) is 1.63. The Morgan fingerprint density at radius 1 is 0.923 bits per heavy atom. The number of nitrogen functional groups attached to an aromatic ring is 2. The lowest BCUT2D eigenvalue weighted by Crippen LogP contribution is -2.10. The summed E-state index contributed by atoms with van der Waals surface area (Å²) in [6.07, 6.45) is 0. The van der Waals surface area contributed by atoms with Crippen molar-refractivity contribution in [1.82, 2.24) is 19.5 Å². The molecular formula is C19H18N6O. The van der Waals surface area contributed by atoms with Crippen LogP contribution in [-0.2, 0) is 0 Å². The molecular weight excluding hydrogens is 328 g/mol. The van der Waals surface area contributed by atoms with Crippen LogP contribution in [0.15, 0.2) is 48.5 Å². The molecule has 0 spiro atoms. The van der Waals surface area contributed by atoms with Gasteiger partial charge in [0.2, 0.25) is 5.95 Å². The fourth-order valence-electron chi connectivity index (χ4n) is 3.09. The molecule has 7 heteroatoms. The van der Waals surface area contributed by atoms with Gasteiger partial charge in [-0.15, -0.1) is 0 Å². The summed E-state index contributed by atoms with van der Waals surface area (Å²) in [4.78, 5) is 13.2. The number of hydrogen-bond acceptors (Lipinski definition) is 6. The first kappa shape index (κ1) is 15.9. The average molecular weight is 346 g/mol. The molecule has 2 aromatic carbocycles. The molecule has 0 unspecified atom stereocenters. The van der Waals surface area contributed by atoms with Crippen LogP contribution in [-0.4, -0.2) is 26.6 Å². The molecule has 2 aromatic heterocycles. The van der Waals surface area contributed by atoms with E-state index in [4.69, 9.17) is 16.2 Å². The Morgan fingerprint density at radius 2 is 1.65 bits per heavy atom. The SMILES string of the molecule is COc1ccc(-c2c(N)nc(N)nc2-n2c(C)nc3ccccc32)cc1. The van der Waals surface area contributed by atoms with E-state index in [0.717, 1.165) is 28.2 Å². The standard InChI is InChI=1S/C19H18N6O/c1-11-22-14-5-3-4-6-15(14)25(11)18-16(17(20)23-19(21)24-18)12-7-9-13(26-2)10-8-12/h3-10H,1-2H3,(H4,20,21,23,24). The van der Waals surface area contributed by atoms with Crippen LogP contribution in [0.4, 0.5) is 11.8 Å². The highest BCUT2D eigenvalue weighted by Crippen LogP contribution is 2.34. The molecule has 26 heavy (non-hydrogen) atoms. The van der Waals surface area contributed by atoms with Gasteiger partial charge in [-0.05, 0) is 36.8 Å². The molecule has 0 fully saturated rings. The molecule has 0 atom stereocenters. The maximum absolute atomic E-state index is 6.23. The van der Waals surface area contributed by atoms with E-state index in [1.807, 2.05) is 60.0 Å². The van der Waals surface area contributed by atoms with Crippen LogP contribution < -0.4 is 16.2 Å². The predicted molar refractivity (Wildman–Crippen MR) is 102 cm³/mol. The van der Waals surface area contributed by atoms with Gasteiger partial charge in [0.25, 0.3) is 0 Å². The molecule has 0 bridgehead atoms. The second kappa shape index (κ2) is 6.03. The summed E-state index contributed by atoms with van der Waals surface area (Å²) in [5.41, 5.74) is 15.5. The maximum atomic E-state index is 6.23. The zero-order chi connectivity index (χ0) is 18.3. The fourth-order valence-corrected chi connectivity index (χ4v) is 3.09. The van der Waals surface area contributed by atoms with Crippen molar-refractivity contribution in [2.24, 2.45) is 0 Å². The molecule has 4 rings (SSSR count). The van der Waals surface area contributed by atoms with Crippen LogP contribution >= 0.6 is 0 Å². The summed E-state index contributed by atoms with van der Waals surface area (Å²) in [6, 6.07) is 15.4. The third-order valence-electron chi connectivity index (χ3n) is 4.25. The summed E-state index contributed by atoms with van der Waals surface area (Å²) in [6.45, 7) is 1.92. The highest BCUT2D eigenvalue weighted by molar-refractivity contribution is 5.85. The number of ether oxygens (including phenoxy) is 1. The van der Waals surface area contributed by atoms with Crippen molar-refractivity contribution in [1.29, 1.82) is 0 Å². The number of para-hydroxylation sites is 2. The molecule has 0 radical (unpaired) electrons. The van der Waals surface area contributed by atoms with Crippen LogP contribution in [0.1, 0.15) is 5.82 Å². The van der Waals surface area contributed by atoms with Gasteiger partial charge in [0, 0.05) is 0 Å². The Bertz CT molecular complexity index is 1100. The number of hydrogen-bond donors (Lipinski definition) is 2. The fraction of sp³-hybridized carbons (Fsp3) is 0.105. The molecule has 0 saturated carbocycles. The highest BCUT2D eigenvalue weighted by atomic mass is 16.5. The van der Waals surface area contributed by atoms with Gasteiger partial charge in [-0.1, -0.05) is 24.3 Å². The Kier molecular flexibility index (Phi) is 3.69. The largest absolute Gasteiger partial charge is 0.497 e. The molecule has 0 aliphatic rings. The number of methoxy groups -OCH3 is 1. The van der Waals surface area contributed by atoms with E-state index in [9.17, 15) is 0 Å². The number of fused-ring (bicyclic) bond motifs is 1. The Hall–Kier alpha value is -3.61. The van der Waals surface area contributed by atoms with Crippen molar-refractivity contribution >= 4 is 22.8 Å². The smallest absolute Gasteiger partial charge is 0.224 e. The zero-order valence-electron chi connectivity index (χ0n) is 14.5. The number of nitrogens with two attached hydrogens (primary N) is 2. The Labute approximate surface area is 150 Å². The summed E-state index contributed by atoms with van der Waals surface area (Å²) in [5, 5.41) is 0. The molecule has 130 valence electrons. The van der Waals surface area contributed by atoms with Crippen LogP contribution in [0, 0.1) is 6.92 Å². The van der Waals surface area contributed by atoms with Crippen LogP contribution in [0.2, 0.25) is 0 Å². The quantitative estimate of drug-likeness (QED) is 0.591. The number of aromatic nitrogens is 4. The topological polar surface area (TPSA) is 105 Å². The minimum atomic E-state index is 0.118. The summed E-state index contributed by atoms with van der Waals surface area (Å²) < 4.78 is 7.18. The van der Waals surface area contributed by atoms with Crippen LogP contribution in [0.3, 0.4) is 0 Å². The van der Waals surface area contributed by atoms with E-state index in [-0.39, 0.29) is 5.95 Å². The van der Waals surface area contributed by atoms with E-state index < -0.39 is 0 Å². The average Bonchev–Trinajstić information content (AvgIpc) is 2.97. The second-order valence-electron chi connectivity index (χ2n) is 5.88. The monoisotopic (exact) mass is 346 g/mol. The van der Waals surface area contributed by atoms with Crippen molar-refractivity contribution in [2.75, 3.05) is 18.6 Å². The highest BCUT2D eigenvalue weighted by Gasteiger charge is 2.19. The first-order chi connectivity index (χ1) is 12.6. The van der Waals surface area contributed by atoms with Gasteiger partial charge in [-0.3, -0.25) is 4.57 Å². The third kappa shape index (κ3) is 2.50. The molecule has 0 aliphatic heterocycles. The lowest BCUT2D eigenvalue weighted by molar-refractivity contribution is 0.415. The van der Waals surface area contributed by atoms with Crippen molar-refractivity contribution < 1.29 is 4.74 Å². The first-order valence-corrected chi connectivity index (χ1v) is 8.10. The van der Waals surface area contributed by atoms with Crippen LogP contribution in [0.5, 0.6) is 5.75 Å². The van der Waals surface area contributed by atoms with E-state index >= 15 is 0 Å². The van der Waals surface area contributed by atoms with Crippen molar-refractivity contribution in [3.05, 3.63) is 54.4 Å². The molecule has 4 N–H and O–H groups in total. The molecule has 4 aromatic rings. The number of rotatable bonds is 3. The predicted octanol–water partition coefficient (Wildman–Crippen LogP) is 2.96. The van der Waals surface area contributed by atoms with E-state index in [1.54, 1.807) is 7.11 Å². The van der Waals surface area contributed by atoms with Crippen LogP contribution in [0.25, 0.3) is 28.0 Å². The normalized spacial score (nSPS) is 11.0. The number of nitrogens with zero attached hydrogens (tertiary/aromatic N) is 4. The van der Waals surface area contributed by atoms with Gasteiger partial charge in [0.05, 0.1) is 23.7 Å². The van der Waals surface area contributed by atoms with Crippen molar-refractivity contribution in [2.45, 2.75) is 6.92 Å². The minimum absolute atomic E-state index is 0.118. The molecule has 7 nitrogen and oxygen atoms in total. The van der Waals surface area contributed by atoms with Gasteiger partial charge < -0.3 is 16.2 Å². The van der Waals surface area contributed by atoms with Gasteiger partial charge >= 0.3 is 0 Å². The van der Waals surface area contributed by atoms with E-state index in [1.165, 1.54) is 0 Å². The third-order valence-corrected chi connectivity index (χ3v) is 4.25. The summed E-state index contributed by atoms with van der Waals surface area (Å²) in [5.74, 6) is 2.58. The number of benzene rings is 2. The molecule has 0 amide bonds. The van der Waals surface area contributed by atoms with Gasteiger partial charge in [0.15, 0.2) is 5.82 Å². The van der Waals surface area contributed by atoms with E-state index in [0.29, 0.717) is 17.2 Å². The number of anilines is 2. The van der Waals surface area contributed by atoms with Gasteiger partial charge in [-0.2, -0.15) is 9.97 Å². The molecule has 2 heterocycles. The second-order valence-corrected chi connectivity index (χ2v) is 5.88. The van der Waals surface area contributed by atoms with Crippen molar-refractivity contribution in [3.8, 4) is 22.7 Å². The van der Waals surface area contributed by atoms with Crippen molar-refractivity contribution in [3.63, 3.8) is 0 Å². The lowest BCUT2D eigenvalue weighted by Gasteiger charge is -2.15. The molecule has 0 saturated heterocycles. The Balaban J connectivity index is 2.03. The van der Waals surface area contributed by atoms with Gasteiger partial charge in [0.1, 0.15) is 17.4 Å². The van der Waals surface area contributed by atoms with E-state index in [2.05, 4.69) is 15.0 Å². The number of imidazole rings is 1. The minimum Gasteiger partial charge on any atom is -0.497 e. The molecule has 0 aliphatic carbocycles. The van der Waals surface area contributed by atoms with Gasteiger partial charge in [-0.25, -0.2) is 4.98 Å². The lowest BCUT2D eigenvalue weighted by atomic mass is 10.1. The Morgan fingerprint density at radius 3 is 2.38 bits per heavy atom. The number of aryl methyl sites for hydroxylation is 1. The maximum Gasteiger partial charge on any atom is 0.224 e. The first-order valence-electron chi connectivity index (χ1n) is 8.10. The summed E-state index contributed by atoms with van der Waals surface area (Å²) >= 11 is 0. The zero-order valence-corrected chi connectivity index (χ0v) is 14.5.